The van der Waals surface area contributed by atoms with Crippen molar-refractivity contribution in [1.82, 2.24) is 0 Å². The second kappa shape index (κ2) is 29.4. The fourth-order valence-electron chi connectivity index (χ4n) is 3.63. The van der Waals surface area contributed by atoms with Crippen molar-refractivity contribution in [3.05, 3.63) is 68.8 Å². The van der Waals surface area contributed by atoms with Crippen LogP contribution in [-0.4, -0.2) is 142 Å². The van der Waals surface area contributed by atoms with Crippen LogP contribution in [0.3, 0.4) is 0 Å². The molecule has 0 saturated carbocycles. The average Bonchev–Trinajstić information content (AvgIpc) is 3.11. The topological polar surface area (TPSA) is 188 Å². The van der Waals surface area contributed by atoms with Crippen LogP contribution in [0.1, 0.15) is 0 Å². The molecule has 0 saturated heterocycles. The van der Waals surface area contributed by atoms with Crippen LogP contribution in [0, 0.1) is 20.2 Å². The van der Waals surface area contributed by atoms with Gasteiger partial charge in [-0.2, -0.15) is 0 Å². The first-order chi connectivity index (χ1) is 24.1. The molecule has 0 radical (unpaired) electrons. The zero-order valence-electron chi connectivity index (χ0n) is 27.8. The molecule has 0 aromatic heterocycles. The van der Waals surface area contributed by atoms with Gasteiger partial charge in [0.05, 0.1) is 129 Å². The molecule has 2 aromatic carbocycles. The fraction of sp³-hybridized carbons (Fsp3) is 0.625. The van der Waals surface area contributed by atoms with Crippen LogP contribution in [0.2, 0.25) is 0 Å². The molecule has 0 N–H and O–H groups in total. The predicted octanol–water partition coefficient (Wildman–Crippen LogP) is 3.11. The maximum atomic E-state index is 10.6. The Morgan fingerprint density at radius 1 is 0.327 bits per heavy atom. The van der Waals surface area contributed by atoms with Crippen LogP contribution < -0.4 is 9.47 Å². The molecule has 0 aliphatic heterocycles. The van der Waals surface area contributed by atoms with Gasteiger partial charge in [0.1, 0.15) is 24.7 Å². The first-order valence-electron chi connectivity index (χ1n) is 16.0. The van der Waals surface area contributed by atoms with Crippen molar-refractivity contribution in [1.29, 1.82) is 0 Å². The average molecular weight is 701 g/mol. The Morgan fingerprint density at radius 3 is 0.694 bits per heavy atom. The van der Waals surface area contributed by atoms with E-state index in [1.807, 2.05) is 0 Å². The molecule has 49 heavy (non-hydrogen) atoms. The van der Waals surface area contributed by atoms with Gasteiger partial charge in [-0.15, -0.1) is 0 Å². The fourth-order valence-corrected chi connectivity index (χ4v) is 3.63. The third-order valence-corrected chi connectivity index (χ3v) is 6.06. The summed E-state index contributed by atoms with van der Waals surface area (Å²) in [5.41, 5.74) is 0.0390. The minimum absolute atomic E-state index is 0.0195. The number of benzene rings is 2. The zero-order chi connectivity index (χ0) is 35.0. The Hall–Kier alpha value is -3.52. The SMILES string of the molecule is O=[N+]([O-])c1ccc(OCCOCCOCCOCCOCCOCCOCCOCCOCCOCCOc2ccc([N+](=O)[O-])cc2)cc1. The summed E-state index contributed by atoms with van der Waals surface area (Å²) in [7, 11) is 0. The molecule has 276 valence electrons. The van der Waals surface area contributed by atoms with Crippen molar-refractivity contribution in [3.63, 3.8) is 0 Å². The van der Waals surface area contributed by atoms with Gasteiger partial charge in [0, 0.05) is 24.3 Å². The lowest BCUT2D eigenvalue weighted by molar-refractivity contribution is -0.385. The van der Waals surface area contributed by atoms with E-state index in [-0.39, 0.29) is 11.4 Å². The van der Waals surface area contributed by atoms with Gasteiger partial charge >= 0.3 is 0 Å². The maximum Gasteiger partial charge on any atom is 0.269 e. The van der Waals surface area contributed by atoms with Crippen molar-refractivity contribution in [2.24, 2.45) is 0 Å². The summed E-state index contributed by atoms with van der Waals surface area (Å²) in [6.07, 6.45) is 0. The summed E-state index contributed by atoms with van der Waals surface area (Å²) in [6.45, 7) is 8.71. The van der Waals surface area contributed by atoms with E-state index in [0.717, 1.165) is 0 Å². The molecular weight excluding hydrogens is 652 g/mol. The summed E-state index contributed by atoms with van der Waals surface area (Å²) in [6, 6.07) is 11.8. The highest BCUT2D eigenvalue weighted by Gasteiger charge is 2.05. The normalized spacial score (nSPS) is 11.1. The van der Waals surface area contributed by atoms with E-state index >= 15 is 0 Å². The number of nitro groups is 2. The van der Waals surface area contributed by atoms with Crippen molar-refractivity contribution in [2.75, 3.05) is 132 Å². The highest BCUT2D eigenvalue weighted by molar-refractivity contribution is 5.36. The highest BCUT2D eigenvalue weighted by Crippen LogP contribution is 2.18. The van der Waals surface area contributed by atoms with Crippen molar-refractivity contribution in [2.45, 2.75) is 0 Å². The van der Waals surface area contributed by atoms with Gasteiger partial charge in [0.2, 0.25) is 0 Å². The van der Waals surface area contributed by atoms with E-state index in [1.165, 1.54) is 24.3 Å². The summed E-state index contributed by atoms with van der Waals surface area (Å²) in [5.74, 6) is 1.10. The first-order valence-corrected chi connectivity index (χ1v) is 16.0. The van der Waals surface area contributed by atoms with Gasteiger partial charge in [0.15, 0.2) is 0 Å². The summed E-state index contributed by atoms with van der Waals surface area (Å²) in [4.78, 5) is 20.4. The molecule has 0 fully saturated rings. The third kappa shape index (κ3) is 23.5. The monoisotopic (exact) mass is 700 g/mol. The molecule has 0 aliphatic carbocycles. The molecule has 0 unspecified atom stereocenters. The van der Waals surface area contributed by atoms with E-state index in [9.17, 15) is 20.2 Å². The second-order valence-electron chi connectivity index (χ2n) is 9.71. The maximum absolute atomic E-state index is 10.6. The number of hydrogen-bond acceptors (Lipinski definition) is 15. The smallest absolute Gasteiger partial charge is 0.269 e. The van der Waals surface area contributed by atoms with Gasteiger partial charge in [-0.05, 0) is 24.3 Å². The van der Waals surface area contributed by atoms with Crippen LogP contribution >= 0.6 is 0 Å². The van der Waals surface area contributed by atoms with Gasteiger partial charge in [0.25, 0.3) is 11.4 Å². The van der Waals surface area contributed by atoms with E-state index in [2.05, 4.69) is 0 Å². The summed E-state index contributed by atoms with van der Waals surface area (Å²) in [5, 5.41) is 21.3. The Balaban J connectivity index is 1.18. The third-order valence-electron chi connectivity index (χ3n) is 6.06. The van der Waals surface area contributed by atoms with Crippen LogP contribution in [-0.2, 0) is 42.6 Å². The van der Waals surface area contributed by atoms with Crippen LogP contribution in [0.15, 0.2) is 48.5 Å². The predicted molar refractivity (Wildman–Crippen MR) is 175 cm³/mol. The Kier molecular flexibility index (Phi) is 25.0. The standard InChI is InChI=1S/C32H48N2O15/c35-33(36)29-1-5-31(6-2-29)48-27-25-46-23-21-44-19-17-42-15-13-40-11-9-39-10-12-41-14-16-43-18-20-45-22-24-47-26-28-49-32-7-3-30(4-8-32)34(37)38/h1-8H,9-28H2. The molecule has 0 spiro atoms. The molecule has 17 nitrogen and oxygen atoms in total. The summed E-state index contributed by atoms with van der Waals surface area (Å²) < 4.78 is 59.9. The highest BCUT2D eigenvalue weighted by atomic mass is 16.6. The van der Waals surface area contributed by atoms with E-state index in [4.69, 9.17) is 52.1 Å². The zero-order valence-corrected chi connectivity index (χ0v) is 27.8. The molecule has 2 rings (SSSR count). The Labute approximate surface area is 285 Å². The van der Waals surface area contributed by atoms with E-state index in [0.29, 0.717) is 144 Å². The minimum atomic E-state index is -0.457. The molecule has 0 atom stereocenters. The van der Waals surface area contributed by atoms with Crippen molar-refractivity contribution < 1.29 is 62.0 Å². The molecule has 0 aliphatic rings. The second-order valence-corrected chi connectivity index (χ2v) is 9.71. The van der Waals surface area contributed by atoms with Crippen LogP contribution in [0.25, 0.3) is 0 Å². The van der Waals surface area contributed by atoms with Gasteiger partial charge in [-0.25, -0.2) is 0 Å². The van der Waals surface area contributed by atoms with Crippen LogP contribution in [0.5, 0.6) is 11.5 Å². The van der Waals surface area contributed by atoms with Crippen molar-refractivity contribution >= 4 is 11.4 Å². The van der Waals surface area contributed by atoms with Crippen LogP contribution in [0.4, 0.5) is 11.4 Å². The summed E-state index contributed by atoms with van der Waals surface area (Å²) >= 11 is 0. The van der Waals surface area contributed by atoms with E-state index in [1.54, 1.807) is 24.3 Å². The van der Waals surface area contributed by atoms with Crippen molar-refractivity contribution in [3.8, 4) is 11.5 Å². The molecule has 2 aromatic rings. The number of non-ortho nitro benzene ring substituents is 2. The number of nitrogens with zero attached hydrogens (tertiary/aromatic N) is 2. The van der Waals surface area contributed by atoms with Gasteiger partial charge < -0.3 is 52.1 Å². The van der Waals surface area contributed by atoms with E-state index < -0.39 is 9.85 Å². The number of nitro benzene ring substituents is 2. The molecule has 17 heteroatoms. The van der Waals surface area contributed by atoms with Gasteiger partial charge in [-0.1, -0.05) is 0 Å². The minimum Gasteiger partial charge on any atom is -0.491 e. The first kappa shape index (κ1) is 41.7. The molecule has 0 amide bonds. The molecular formula is C32H48N2O15. The number of rotatable bonds is 34. The lowest BCUT2D eigenvalue weighted by Gasteiger charge is -2.09. The lowest BCUT2D eigenvalue weighted by atomic mass is 10.3. The largest absolute Gasteiger partial charge is 0.491 e. The molecule has 0 bridgehead atoms. The van der Waals surface area contributed by atoms with Gasteiger partial charge in [-0.3, -0.25) is 20.2 Å². The molecule has 0 heterocycles. The number of ether oxygens (including phenoxy) is 11. The Bertz CT molecular complexity index is 1010. The Morgan fingerprint density at radius 2 is 0.510 bits per heavy atom. The number of hydrogen-bond donors (Lipinski definition) is 0. The lowest BCUT2D eigenvalue weighted by Crippen LogP contribution is -2.15. The quantitative estimate of drug-likeness (QED) is 0.0588.